The first-order valence-electron chi connectivity index (χ1n) is 4.73. The first-order chi connectivity index (χ1) is 7.81. The molecule has 0 bridgehead atoms. The van der Waals surface area contributed by atoms with Gasteiger partial charge in [0.15, 0.2) is 11.5 Å². The Morgan fingerprint density at radius 1 is 1.31 bits per heavy atom. The van der Waals surface area contributed by atoms with Gasteiger partial charge in [0, 0.05) is 5.56 Å². The van der Waals surface area contributed by atoms with Crippen LogP contribution in [0.2, 0.25) is 0 Å². The van der Waals surface area contributed by atoms with Crippen LogP contribution in [-0.4, -0.2) is 12.1 Å². The van der Waals surface area contributed by atoms with Crippen LogP contribution < -0.4 is 19.3 Å². The summed E-state index contributed by atoms with van der Waals surface area (Å²) in [6.07, 6.45) is 1.30. The smallest absolute Gasteiger partial charge is 0.231 e. The molecule has 6 nitrogen and oxygen atoms in total. The third kappa shape index (κ3) is 1.54. The van der Waals surface area contributed by atoms with Crippen molar-refractivity contribution >= 4 is 0 Å². The molecule has 0 spiro atoms. The summed E-state index contributed by atoms with van der Waals surface area (Å²) in [6, 6.07) is 5.57. The molecular formula is C10H8N2O4. The molecule has 3 rings (SSSR count). The van der Waals surface area contributed by atoms with Crippen LogP contribution in [0.1, 0.15) is 5.56 Å². The van der Waals surface area contributed by atoms with Gasteiger partial charge < -0.3 is 19.1 Å². The van der Waals surface area contributed by atoms with Crippen molar-refractivity contribution in [3.05, 3.63) is 30.0 Å². The number of hydrogen-bond acceptors (Lipinski definition) is 5. The molecule has 0 fully saturated rings. The van der Waals surface area contributed by atoms with Gasteiger partial charge in [0.05, 0.1) is 5.27 Å². The van der Waals surface area contributed by atoms with E-state index in [1.165, 1.54) is 10.9 Å². The quantitative estimate of drug-likeness (QED) is 0.656. The number of ether oxygens (including phenoxy) is 2. The summed E-state index contributed by atoms with van der Waals surface area (Å²) in [6.45, 7) is 0.711. The molecule has 2 heterocycles. The number of rotatable bonds is 2. The van der Waals surface area contributed by atoms with Gasteiger partial charge in [-0.15, -0.1) is 0 Å². The summed E-state index contributed by atoms with van der Waals surface area (Å²) in [5.74, 6) is 0.989. The van der Waals surface area contributed by atoms with E-state index >= 15 is 0 Å². The highest BCUT2D eigenvalue weighted by Gasteiger charge is 2.15. The van der Waals surface area contributed by atoms with E-state index in [-0.39, 0.29) is 6.79 Å². The van der Waals surface area contributed by atoms with E-state index in [4.69, 9.17) is 9.47 Å². The topological polar surface area (TPSA) is 71.4 Å². The molecule has 82 valence electrons. The minimum Gasteiger partial charge on any atom is -0.539 e. The molecule has 0 aliphatic carbocycles. The monoisotopic (exact) mass is 220 g/mol. The Balaban J connectivity index is 1.85. The molecule has 2 aromatic rings. The van der Waals surface area contributed by atoms with Crippen LogP contribution in [0.25, 0.3) is 0 Å². The molecule has 1 aromatic heterocycles. The van der Waals surface area contributed by atoms with Crippen LogP contribution in [0.3, 0.4) is 0 Å². The maximum Gasteiger partial charge on any atom is 0.231 e. The Labute approximate surface area is 90.6 Å². The van der Waals surface area contributed by atoms with Crippen molar-refractivity contribution in [2.75, 3.05) is 6.79 Å². The van der Waals surface area contributed by atoms with Crippen molar-refractivity contribution in [3.8, 4) is 17.4 Å². The number of nitrogens with zero attached hydrogens (tertiary/aromatic N) is 2. The molecule has 1 aromatic carbocycles. The van der Waals surface area contributed by atoms with Crippen LogP contribution in [-0.2, 0) is 6.54 Å². The highest BCUT2D eigenvalue weighted by atomic mass is 16.7. The first kappa shape index (κ1) is 9.02. The second-order valence-corrected chi connectivity index (χ2v) is 3.41. The van der Waals surface area contributed by atoms with E-state index in [9.17, 15) is 5.11 Å². The van der Waals surface area contributed by atoms with E-state index in [0.29, 0.717) is 12.3 Å². The van der Waals surface area contributed by atoms with E-state index in [0.717, 1.165) is 11.3 Å². The van der Waals surface area contributed by atoms with Crippen LogP contribution in [0.4, 0.5) is 0 Å². The summed E-state index contributed by atoms with van der Waals surface area (Å²) in [5, 5.41) is 14.3. The minimum atomic E-state index is -0.458. The predicted octanol–water partition coefficient (Wildman–Crippen LogP) is -0.187. The SMILES string of the molecule is [O-]c1c[n+](Cc2ccc3c(c2)OCO3)no1. The van der Waals surface area contributed by atoms with Gasteiger partial charge in [0.25, 0.3) is 0 Å². The molecule has 0 atom stereocenters. The number of hydrogen-bond donors (Lipinski definition) is 0. The van der Waals surface area contributed by atoms with Crippen molar-refractivity contribution in [3.63, 3.8) is 0 Å². The molecule has 0 radical (unpaired) electrons. The number of aromatic nitrogens is 2. The molecule has 0 saturated heterocycles. The second kappa shape index (κ2) is 3.41. The van der Waals surface area contributed by atoms with Crippen molar-refractivity contribution < 1.29 is 23.8 Å². The molecule has 0 N–H and O–H groups in total. The lowest BCUT2D eigenvalue weighted by Crippen LogP contribution is -2.35. The fourth-order valence-corrected chi connectivity index (χ4v) is 1.56. The number of fused-ring (bicyclic) bond motifs is 1. The van der Waals surface area contributed by atoms with Crippen LogP contribution in [0.5, 0.6) is 17.4 Å². The molecule has 1 aliphatic heterocycles. The number of benzene rings is 1. The standard InChI is InChI=1S/C10H8N2O4/c13-10-5-12(11-16-10)4-7-1-2-8-9(3-7)15-6-14-8/h1-3,5H,4,6H2. The maximum atomic E-state index is 10.8. The molecule has 0 saturated carbocycles. The Bertz CT molecular complexity index is 523. The second-order valence-electron chi connectivity index (χ2n) is 3.41. The van der Waals surface area contributed by atoms with Crippen molar-refractivity contribution in [1.29, 1.82) is 0 Å². The largest absolute Gasteiger partial charge is 0.539 e. The summed E-state index contributed by atoms with van der Waals surface area (Å²) in [5.41, 5.74) is 0.961. The van der Waals surface area contributed by atoms with Gasteiger partial charge in [-0.05, 0) is 18.2 Å². The maximum absolute atomic E-state index is 10.8. The average Bonchev–Trinajstić information content (AvgIpc) is 2.87. The Kier molecular flexibility index (Phi) is 1.92. The molecule has 16 heavy (non-hydrogen) atoms. The van der Waals surface area contributed by atoms with Crippen LogP contribution >= 0.6 is 0 Å². The summed E-state index contributed by atoms with van der Waals surface area (Å²) in [4.78, 5) is 0. The highest BCUT2D eigenvalue weighted by Crippen LogP contribution is 2.32. The van der Waals surface area contributed by atoms with Crippen molar-refractivity contribution in [1.82, 2.24) is 5.27 Å². The summed E-state index contributed by atoms with van der Waals surface area (Å²) < 4.78 is 16.3. The normalized spacial score (nSPS) is 13.0. The van der Waals surface area contributed by atoms with Gasteiger partial charge in [-0.1, -0.05) is 4.68 Å². The summed E-state index contributed by atoms with van der Waals surface area (Å²) in [7, 11) is 0. The lowest BCUT2D eigenvalue weighted by Gasteiger charge is -1.97. The Morgan fingerprint density at radius 3 is 3.00 bits per heavy atom. The minimum absolute atomic E-state index is 0.251. The fourth-order valence-electron chi connectivity index (χ4n) is 1.56. The van der Waals surface area contributed by atoms with Crippen molar-refractivity contribution in [2.24, 2.45) is 0 Å². The molecule has 1 aliphatic rings. The van der Waals surface area contributed by atoms with Crippen molar-refractivity contribution in [2.45, 2.75) is 6.54 Å². The van der Waals surface area contributed by atoms with Gasteiger partial charge in [-0.3, -0.25) is 0 Å². The van der Waals surface area contributed by atoms with E-state index in [1.807, 2.05) is 18.2 Å². The zero-order valence-electron chi connectivity index (χ0n) is 8.25. The van der Waals surface area contributed by atoms with E-state index < -0.39 is 5.95 Å². The van der Waals surface area contributed by atoms with Gasteiger partial charge in [-0.25, -0.2) is 0 Å². The first-order valence-corrected chi connectivity index (χ1v) is 4.73. The third-order valence-electron chi connectivity index (χ3n) is 2.27. The molecule has 6 heteroatoms. The van der Waals surface area contributed by atoms with E-state index in [2.05, 4.69) is 9.79 Å². The van der Waals surface area contributed by atoms with Gasteiger partial charge >= 0.3 is 0 Å². The summed E-state index contributed by atoms with van der Waals surface area (Å²) >= 11 is 0. The average molecular weight is 220 g/mol. The highest BCUT2D eigenvalue weighted by molar-refractivity contribution is 5.44. The van der Waals surface area contributed by atoms with Gasteiger partial charge in [0.1, 0.15) is 5.95 Å². The van der Waals surface area contributed by atoms with Crippen LogP contribution in [0.15, 0.2) is 28.9 Å². The lowest BCUT2D eigenvalue weighted by molar-refractivity contribution is -0.754. The third-order valence-corrected chi connectivity index (χ3v) is 2.27. The Hall–Kier alpha value is -2.24. The fraction of sp³-hybridized carbons (Fsp3) is 0.200. The van der Waals surface area contributed by atoms with Gasteiger partial charge in [-0.2, -0.15) is 0 Å². The zero-order valence-corrected chi connectivity index (χ0v) is 8.25. The molecule has 0 amide bonds. The lowest BCUT2D eigenvalue weighted by atomic mass is 10.2. The predicted molar refractivity (Wildman–Crippen MR) is 47.8 cm³/mol. The molecule has 0 unspecified atom stereocenters. The van der Waals surface area contributed by atoms with Crippen LogP contribution in [0, 0.1) is 0 Å². The Morgan fingerprint density at radius 2 is 2.19 bits per heavy atom. The molecular weight excluding hydrogens is 212 g/mol. The zero-order chi connectivity index (χ0) is 11.0. The van der Waals surface area contributed by atoms with E-state index in [1.54, 1.807) is 0 Å². The van der Waals surface area contributed by atoms with Gasteiger partial charge in [0.2, 0.25) is 19.5 Å².